The zero-order valence-corrected chi connectivity index (χ0v) is 18.5. The molecule has 0 spiro atoms. The van der Waals surface area contributed by atoms with Gasteiger partial charge >= 0.3 is 5.97 Å². The minimum atomic E-state index is -0.868. The van der Waals surface area contributed by atoms with Crippen LogP contribution in [0.4, 0.5) is 0 Å². The number of carboxylic acid groups (broad SMARTS) is 1. The van der Waals surface area contributed by atoms with Crippen LogP contribution in [-0.4, -0.2) is 15.6 Å². The summed E-state index contributed by atoms with van der Waals surface area (Å²) in [5.74, 6) is 0.514. The van der Waals surface area contributed by atoms with Crippen LogP contribution < -0.4 is 10.5 Å². The molecule has 168 valence electrons. The molecule has 0 amide bonds. The highest BCUT2D eigenvalue weighted by Gasteiger charge is 2.22. The number of rotatable bonds is 9. The molecule has 0 unspecified atom stereocenters. The summed E-state index contributed by atoms with van der Waals surface area (Å²) in [7, 11) is 0. The van der Waals surface area contributed by atoms with E-state index in [2.05, 4.69) is 47.2 Å². The van der Waals surface area contributed by atoms with Crippen LogP contribution in [0.25, 0.3) is 22.0 Å². The Kier molecular flexibility index (Phi) is 5.88. The SMILES string of the molecule is NCc1cccc(-c2cc(COc3ccccc3CC(=O)O)cc3c2ccn3CC2CC2)c1. The molecule has 5 heteroatoms. The number of carbonyl (C=O) groups is 1. The third-order valence-electron chi connectivity index (χ3n) is 6.28. The van der Waals surface area contributed by atoms with Gasteiger partial charge in [-0.3, -0.25) is 4.79 Å². The van der Waals surface area contributed by atoms with Gasteiger partial charge in [-0.05, 0) is 71.3 Å². The van der Waals surface area contributed by atoms with Crippen molar-refractivity contribution in [2.24, 2.45) is 11.7 Å². The van der Waals surface area contributed by atoms with Crippen LogP contribution in [0.1, 0.15) is 29.5 Å². The molecular formula is C28H28N2O3. The van der Waals surface area contributed by atoms with Gasteiger partial charge in [0.1, 0.15) is 12.4 Å². The molecule has 5 rings (SSSR count). The van der Waals surface area contributed by atoms with Crippen molar-refractivity contribution >= 4 is 16.9 Å². The molecule has 1 saturated carbocycles. The van der Waals surface area contributed by atoms with Crippen LogP contribution >= 0.6 is 0 Å². The fourth-order valence-corrected chi connectivity index (χ4v) is 4.39. The van der Waals surface area contributed by atoms with E-state index in [4.69, 9.17) is 10.5 Å². The molecule has 1 heterocycles. The normalized spacial score (nSPS) is 13.4. The lowest BCUT2D eigenvalue weighted by Crippen LogP contribution is -2.04. The number of hydrogen-bond donors (Lipinski definition) is 2. The van der Waals surface area contributed by atoms with Crippen molar-refractivity contribution in [3.05, 3.63) is 89.6 Å². The van der Waals surface area contributed by atoms with Gasteiger partial charge in [0.25, 0.3) is 0 Å². The summed E-state index contributed by atoms with van der Waals surface area (Å²) >= 11 is 0. The fourth-order valence-electron chi connectivity index (χ4n) is 4.39. The molecule has 33 heavy (non-hydrogen) atoms. The summed E-state index contributed by atoms with van der Waals surface area (Å²) < 4.78 is 8.48. The predicted octanol–water partition coefficient (Wildman–Crippen LogP) is 5.38. The third-order valence-corrected chi connectivity index (χ3v) is 6.28. The zero-order chi connectivity index (χ0) is 22.8. The van der Waals surface area contributed by atoms with Gasteiger partial charge in [-0.1, -0.05) is 36.4 Å². The first-order valence-electron chi connectivity index (χ1n) is 11.4. The molecule has 0 bridgehead atoms. The summed E-state index contributed by atoms with van der Waals surface area (Å²) in [6.45, 7) is 1.91. The monoisotopic (exact) mass is 440 g/mol. The minimum Gasteiger partial charge on any atom is -0.489 e. The maximum Gasteiger partial charge on any atom is 0.307 e. The number of ether oxygens (including phenoxy) is 1. The smallest absolute Gasteiger partial charge is 0.307 e. The molecular weight excluding hydrogens is 412 g/mol. The second-order valence-electron chi connectivity index (χ2n) is 8.86. The molecule has 5 nitrogen and oxygen atoms in total. The van der Waals surface area contributed by atoms with Gasteiger partial charge in [0.2, 0.25) is 0 Å². The second-order valence-corrected chi connectivity index (χ2v) is 8.86. The van der Waals surface area contributed by atoms with Crippen LogP contribution in [-0.2, 0) is 30.9 Å². The molecule has 0 radical (unpaired) electrons. The highest BCUT2D eigenvalue weighted by atomic mass is 16.5. The van der Waals surface area contributed by atoms with E-state index in [9.17, 15) is 9.90 Å². The Labute approximate surface area is 193 Å². The Morgan fingerprint density at radius 1 is 1.03 bits per heavy atom. The summed E-state index contributed by atoms with van der Waals surface area (Å²) in [5.41, 5.74) is 12.2. The predicted molar refractivity (Wildman–Crippen MR) is 130 cm³/mol. The Bertz CT molecular complexity index is 1300. The van der Waals surface area contributed by atoms with Gasteiger partial charge in [-0.15, -0.1) is 0 Å². The minimum absolute atomic E-state index is 0.0590. The molecule has 1 aliphatic carbocycles. The van der Waals surface area contributed by atoms with Crippen molar-refractivity contribution in [3.63, 3.8) is 0 Å². The van der Waals surface area contributed by atoms with Crippen LogP contribution in [0.5, 0.6) is 5.75 Å². The quantitative estimate of drug-likeness (QED) is 0.366. The van der Waals surface area contributed by atoms with Crippen molar-refractivity contribution in [1.82, 2.24) is 4.57 Å². The number of aromatic nitrogens is 1. The average Bonchev–Trinajstić information content (AvgIpc) is 3.56. The van der Waals surface area contributed by atoms with Gasteiger partial charge in [-0.2, -0.15) is 0 Å². The number of carboxylic acids is 1. The molecule has 1 aliphatic rings. The van der Waals surface area contributed by atoms with E-state index >= 15 is 0 Å². The van der Waals surface area contributed by atoms with E-state index < -0.39 is 5.97 Å². The van der Waals surface area contributed by atoms with Crippen LogP contribution in [0, 0.1) is 5.92 Å². The summed E-state index contributed by atoms with van der Waals surface area (Å²) in [6, 6.07) is 22.3. The first-order valence-corrected chi connectivity index (χ1v) is 11.4. The fraction of sp³-hybridized carbons (Fsp3) is 0.250. The first kappa shape index (κ1) is 21.3. The maximum atomic E-state index is 11.2. The Morgan fingerprint density at radius 3 is 2.67 bits per heavy atom. The Hall–Kier alpha value is -3.57. The number of nitrogens with two attached hydrogens (primary N) is 1. The van der Waals surface area contributed by atoms with Crippen molar-refractivity contribution in [3.8, 4) is 16.9 Å². The summed E-state index contributed by atoms with van der Waals surface area (Å²) in [5, 5.41) is 10.4. The van der Waals surface area contributed by atoms with Crippen LogP contribution in [0.3, 0.4) is 0 Å². The molecule has 0 aliphatic heterocycles. The number of benzene rings is 3. The summed E-state index contributed by atoms with van der Waals surface area (Å²) in [4.78, 5) is 11.2. The van der Waals surface area contributed by atoms with Crippen molar-refractivity contribution in [2.75, 3.05) is 0 Å². The lowest BCUT2D eigenvalue weighted by atomic mass is 9.97. The highest BCUT2D eigenvalue weighted by Crippen LogP contribution is 2.36. The third kappa shape index (κ3) is 4.78. The average molecular weight is 441 g/mol. The largest absolute Gasteiger partial charge is 0.489 e. The van der Waals surface area contributed by atoms with E-state index in [0.717, 1.165) is 34.7 Å². The van der Waals surface area contributed by atoms with E-state index in [1.54, 1.807) is 6.07 Å². The number of fused-ring (bicyclic) bond motifs is 1. The Balaban J connectivity index is 1.52. The van der Waals surface area contributed by atoms with Crippen molar-refractivity contribution in [2.45, 2.75) is 39.0 Å². The van der Waals surface area contributed by atoms with Crippen LogP contribution in [0.2, 0.25) is 0 Å². The molecule has 1 fully saturated rings. The van der Waals surface area contributed by atoms with Crippen LogP contribution in [0.15, 0.2) is 72.9 Å². The van der Waals surface area contributed by atoms with Gasteiger partial charge < -0.3 is 20.1 Å². The Morgan fingerprint density at radius 2 is 1.88 bits per heavy atom. The van der Waals surface area contributed by atoms with Gasteiger partial charge in [-0.25, -0.2) is 0 Å². The first-order chi connectivity index (χ1) is 16.1. The summed E-state index contributed by atoms with van der Waals surface area (Å²) in [6.07, 6.45) is 4.73. The topological polar surface area (TPSA) is 77.5 Å². The number of aliphatic carboxylic acids is 1. The van der Waals surface area contributed by atoms with E-state index in [1.807, 2.05) is 24.3 Å². The van der Waals surface area contributed by atoms with E-state index in [0.29, 0.717) is 24.5 Å². The lowest BCUT2D eigenvalue weighted by molar-refractivity contribution is -0.136. The van der Waals surface area contributed by atoms with Gasteiger partial charge in [0.05, 0.1) is 6.42 Å². The molecule has 0 saturated heterocycles. The van der Waals surface area contributed by atoms with E-state index in [1.165, 1.54) is 23.7 Å². The van der Waals surface area contributed by atoms with Crippen molar-refractivity contribution < 1.29 is 14.6 Å². The standard InChI is InChI=1S/C28H28N2O3/c29-16-20-4-3-6-22(12-20)25-13-21(14-26-24(25)10-11-30(26)17-19-8-9-19)18-33-27-7-2-1-5-23(27)15-28(31)32/h1-7,10-14,19H,8-9,15-18,29H2,(H,31,32). The maximum absolute atomic E-state index is 11.2. The molecule has 3 aromatic carbocycles. The molecule has 0 atom stereocenters. The van der Waals surface area contributed by atoms with Gasteiger partial charge in [0, 0.05) is 35.8 Å². The highest BCUT2D eigenvalue weighted by molar-refractivity contribution is 5.96. The van der Waals surface area contributed by atoms with Gasteiger partial charge in [0.15, 0.2) is 0 Å². The number of hydrogen-bond acceptors (Lipinski definition) is 3. The lowest BCUT2D eigenvalue weighted by Gasteiger charge is -2.14. The number of para-hydroxylation sites is 1. The van der Waals surface area contributed by atoms with Crippen molar-refractivity contribution in [1.29, 1.82) is 0 Å². The second kappa shape index (κ2) is 9.12. The zero-order valence-electron chi connectivity index (χ0n) is 18.5. The molecule has 4 aromatic rings. The molecule has 1 aromatic heterocycles. The molecule has 3 N–H and O–H groups in total. The van der Waals surface area contributed by atoms with E-state index in [-0.39, 0.29) is 6.42 Å². The number of nitrogens with zero attached hydrogens (tertiary/aromatic N) is 1.